The number of carbonyl (C=O) groups excluding carboxylic acids is 1. The van der Waals surface area contributed by atoms with Crippen LogP contribution in [0.25, 0.3) is 0 Å². The molecule has 1 rings (SSSR count). The van der Waals surface area contributed by atoms with Crippen LogP contribution in [-0.2, 0) is 6.54 Å². The van der Waals surface area contributed by atoms with Gasteiger partial charge in [-0.15, -0.1) is 0 Å². The third-order valence-corrected chi connectivity index (χ3v) is 1.92. The number of carbonyl (C=O) groups is 1. The van der Waals surface area contributed by atoms with Crippen LogP contribution in [0.15, 0.2) is 18.3 Å². The van der Waals surface area contributed by atoms with Crippen molar-refractivity contribution in [3.8, 4) is 6.07 Å². The molecule has 0 fully saturated rings. The van der Waals surface area contributed by atoms with Gasteiger partial charge in [-0.05, 0) is 18.1 Å². The van der Waals surface area contributed by atoms with Gasteiger partial charge in [-0.3, -0.25) is 4.79 Å². The molecule has 0 aliphatic rings. The first-order valence-electron chi connectivity index (χ1n) is 4.70. The molecule has 0 unspecified atom stereocenters. The number of nitriles is 1. The Bertz CT molecular complexity index is 358. The van der Waals surface area contributed by atoms with E-state index >= 15 is 0 Å². The topological polar surface area (TPSA) is 45.8 Å². The molecule has 0 saturated heterocycles. The molecule has 0 aliphatic heterocycles. The highest BCUT2D eigenvalue weighted by Gasteiger charge is 2.10. The van der Waals surface area contributed by atoms with Crippen molar-refractivity contribution in [2.45, 2.75) is 26.8 Å². The minimum Gasteiger partial charge on any atom is -0.345 e. The average Bonchev–Trinajstić information content (AvgIpc) is 2.51. The van der Waals surface area contributed by atoms with Gasteiger partial charge in [-0.1, -0.05) is 13.8 Å². The Balaban J connectivity index is 2.82. The summed E-state index contributed by atoms with van der Waals surface area (Å²) in [7, 11) is 0. The Labute approximate surface area is 84.0 Å². The molecule has 74 valence electrons. The van der Waals surface area contributed by atoms with Crippen LogP contribution in [0.1, 0.15) is 30.8 Å². The van der Waals surface area contributed by atoms with Crippen LogP contribution < -0.4 is 0 Å². The summed E-state index contributed by atoms with van der Waals surface area (Å²) in [5, 5.41) is 8.43. The fraction of sp³-hybridized carbons (Fsp3) is 0.455. The molecule has 0 saturated carbocycles. The highest BCUT2D eigenvalue weighted by Crippen LogP contribution is 2.08. The Morgan fingerprint density at radius 3 is 2.93 bits per heavy atom. The zero-order valence-electron chi connectivity index (χ0n) is 8.53. The Morgan fingerprint density at radius 1 is 1.64 bits per heavy atom. The third kappa shape index (κ3) is 2.46. The van der Waals surface area contributed by atoms with E-state index in [0.29, 0.717) is 11.6 Å². The van der Waals surface area contributed by atoms with E-state index < -0.39 is 0 Å². The van der Waals surface area contributed by atoms with Crippen molar-refractivity contribution in [2.24, 2.45) is 5.92 Å². The van der Waals surface area contributed by atoms with E-state index in [1.165, 1.54) is 0 Å². The van der Waals surface area contributed by atoms with E-state index in [1.54, 1.807) is 6.07 Å². The van der Waals surface area contributed by atoms with Gasteiger partial charge < -0.3 is 4.57 Å². The highest BCUT2D eigenvalue weighted by atomic mass is 16.1. The summed E-state index contributed by atoms with van der Waals surface area (Å²) >= 11 is 0. The number of Topliss-reactive ketones (excluding diaryl/α,β-unsaturated/α-hetero) is 1. The fourth-order valence-corrected chi connectivity index (χ4v) is 1.38. The van der Waals surface area contributed by atoms with Crippen molar-refractivity contribution in [1.82, 2.24) is 4.57 Å². The minimum atomic E-state index is -0.0989. The van der Waals surface area contributed by atoms with Crippen LogP contribution in [0.3, 0.4) is 0 Å². The molecule has 1 heterocycles. The predicted octanol–water partition coefficient (Wildman–Crippen LogP) is 2.24. The summed E-state index contributed by atoms with van der Waals surface area (Å²) in [6.45, 7) is 5.01. The third-order valence-electron chi connectivity index (χ3n) is 1.92. The second-order valence-electron chi connectivity index (χ2n) is 3.70. The monoisotopic (exact) mass is 190 g/mol. The molecule has 14 heavy (non-hydrogen) atoms. The molecular weight excluding hydrogens is 176 g/mol. The number of aromatic nitrogens is 1. The average molecular weight is 190 g/mol. The van der Waals surface area contributed by atoms with Gasteiger partial charge >= 0.3 is 0 Å². The summed E-state index contributed by atoms with van der Waals surface area (Å²) in [5.41, 5.74) is 0.639. The molecule has 0 atom stereocenters. The van der Waals surface area contributed by atoms with E-state index in [-0.39, 0.29) is 12.2 Å². The van der Waals surface area contributed by atoms with Crippen molar-refractivity contribution >= 4 is 5.78 Å². The second-order valence-corrected chi connectivity index (χ2v) is 3.70. The van der Waals surface area contributed by atoms with Crippen LogP contribution in [0.4, 0.5) is 0 Å². The molecule has 1 aromatic heterocycles. The maximum atomic E-state index is 11.5. The molecule has 0 radical (unpaired) electrons. The van der Waals surface area contributed by atoms with Crippen LogP contribution in [0.2, 0.25) is 0 Å². The van der Waals surface area contributed by atoms with Crippen LogP contribution in [0.5, 0.6) is 0 Å². The van der Waals surface area contributed by atoms with Crippen molar-refractivity contribution in [3.05, 3.63) is 24.0 Å². The lowest BCUT2D eigenvalue weighted by atomic mass is 10.2. The Kier molecular flexibility index (Phi) is 3.47. The summed E-state index contributed by atoms with van der Waals surface area (Å²) in [5.74, 6) is 0.397. The van der Waals surface area contributed by atoms with E-state index in [0.717, 1.165) is 6.54 Å². The lowest BCUT2D eigenvalue weighted by Gasteiger charge is -2.09. The molecule has 0 N–H and O–H groups in total. The van der Waals surface area contributed by atoms with Crippen LogP contribution >= 0.6 is 0 Å². The molecule has 0 bridgehead atoms. The zero-order chi connectivity index (χ0) is 10.6. The normalized spacial score (nSPS) is 10.1. The molecule has 0 spiro atoms. The molecule has 0 aliphatic carbocycles. The fourth-order valence-electron chi connectivity index (χ4n) is 1.38. The first kappa shape index (κ1) is 10.5. The van der Waals surface area contributed by atoms with Crippen molar-refractivity contribution in [2.75, 3.05) is 0 Å². The summed E-state index contributed by atoms with van der Waals surface area (Å²) in [6.07, 6.45) is 1.84. The largest absolute Gasteiger partial charge is 0.345 e. The first-order valence-corrected chi connectivity index (χ1v) is 4.70. The van der Waals surface area contributed by atoms with Gasteiger partial charge in [0.25, 0.3) is 0 Å². The molecular formula is C11H14N2O. The first-order chi connectivity index (χ1) is 6.65. The van der Waals surface area contributed by atoms with E-state index in [2.05, 4.69) is 13.8 Å². The van der Waals surface area contributed by atoms with Crippen molar-refractivity contribution in [3.63, 3.8) is 0 Å². The summed E-state index contributed by atoms with van der Waals surface area (Å²) in [4.78, 5) is 11.5. The molecule has 3 heteroatoms. The van der Waals surface area contributed by atoms with Gasteiger partial charge in [0.1, 0.15) is 6.42 Å². The lowest BCUT2D eigenvalue weighted by Crippen LogP contribution is -2.11. The Morgan fingerprint density at radius 2 is 2.36 bits per heavy atom. The number of rotatable bonds is 4. The van der Waals surface area contributed by atoms with Gasteiger partial charge in [0.15, 0.2) is 5.78 Å². The molecule has 3 nitrogen and oxygen atoms in total. The number of nitrogens with zero attached hydrogens (tertiary/aromatic N) is 2. The maximum absolute atomic E-state index is 11.5. The smallest absolute Gasteiger partial charge is 0.193 e. The highest BCUT2D eigenvalue weighted by molar-refractivity contribution is 5.95. The SMILES string of the molecule is CC(C)Cn1cccc1C(=O)CC#N. The zero-order valence-corrected chi connectivity index (χ0v) is 8.53. The number of hydrogen-bond donors (Lipinski definition) is 0. The maximum Gasteiger partial charge on any atom is 0.193 e. The standard InChI is InChI=1S/C11H14N2O/c1-9(2)8-13-7-3-4-10(13)11(14)5-6-12/h3-4,7,9H,5,8H2,1-2H3. The van der Waals surface area contributed by atoms with Gasteiger partial charge in [0.2, 0.25) is 0 Å². The summed E-state index contributed by atoms with van der Waals surface area (Å²) < 4.78 is 1.91. The van der Waals surface area contributed by atoms with Gasteiger partial charge in [-0.25, -0.2) is 0 Å². The predicted molar refractivity (Wildman–Crippen MR) is 53.8 cm³/mol. The minimum absolute atomic E-state index is 0.0396. The summed E-state index contributed by atoms with van der Waals surface area (Å²) in [6, 6.07) is 5.48. The second kappa shape index (κ2) is 4.61. The van der Waals surface area contributed by atoms with Gasteiger partial charge in [0, 0.05) is 12.7 Å². The van der Waals surface area contributed by atoms with Gasteiger partial charge in [0.05, 0.1) is 11.8 Å². The van der Waals surface area contributed by atoms with E-state index in [4.69, 9.17) is 5.26 Å². The number of hydrogen-bond acceptors (Lipinski definition) is 2. The van der Waals surface area contributed by atoms with E-state index in [9.17, 15) is 4.79 Å². The Hall–Kier alpha value is -1.56. The molecule has 0 amide bonds. The van der Waals surface area contributed by atoms with Crippen LogP contribution in [0, 0.1) is 17.2 Å². The number of ketones is 1. The molecule has 1 aromatic rings. The quantitative estimate of drug-likeness (QED) is 0.683. The van der Waals surface area contributed by atoms with E-state index in [1.807, 2.05) is 22.9 Å². The lowest BCUT2D eigenvalue weighted by molar-refractivity contribution is 0.0988. The van der Waals surface area contributed by atoms with Gasteiger partial charge in [-0.2, -0.15) is 5.26 Å². The van der Waals surface area contributed by atoms with Crippen molar-refractivity contribution < 1.29 is 4.79 Å². The van der Waals surface area contributed by atoms with Crippen LogP contribution in [-0.4, -0.2) is 10.4 Å². The van der Waals surface area contributed by atoms with Crippen molar-refractivity contribution in [1.29, 1.82) is 5.26 Å². The molecule has 0 aromatic carbocycles.